The van der Waals surface area contributed by atoms with Gasteiger partial charge in [-0.25, -0.2) is 4.98 Å². The van der Waals surface area contributed by atoms with Gasteiger partial charge in [-0.1, -0.05) is 24.6 Å². The van der Waals surface area contributed by atoms with E-state index in [2.05, 4.69) is 10.2 Å². The molecule has 160 valence electrons. The number of aromatic nitrogens is 1. The number of nitrogens with one attached hydrogen (secondary N) is 1. The van der Waals surface area contributed by atoms with E-state index >= 15 is 0 Å². The summed E-state index contributed by atoms with van der Waals surface area (Å²) in [5.74, 6) is 0.172. The Labute approximate surface area is 186 Å². The Kier molecular flexibility index (Phi) is 6.29. The standard InChI is InChI=1S/C22H27ClN4O2S/c1-3-20(28)26-8-10-27(11-9-26)22-25-18-7-5-15(13-19(18)30-22)21(29)24-17-6-4-14(2)12-16(17)23/h4,6,12,15H,3,5,7-11,13H2,1-2H3,(H,24,29)/t15-/m1/s1. The van der Waals surface area contributed by atoms with Crippen LogP contribution in [0.4, 0.5) is 10.8 Å². The van der Waals surface area contributed by atoms with Gasteiger partial charge in [-0.3, -0.25) is 9.59 Å². The van der Waals surface area contributed by atoms with Crippen LogP contribution in [0.2, 0.25) is 5.02 Å². The Morgan fingerprint density at radius 3 is 2.73 bits per heavy atom. The number of piperazine rings is 1. The molecule has 8 heteroatoms. The first kappa shape index (κ1) is 21.1. The monoisotopic (exact) mass is 446 g/mol. The molecule has 0 radical (unpaired) electrons. The summed E-state index contributed by atoms with van der Waals surface area (Å²) in [5.41, 5.74) is 2.86. The van der Waals surface area contributed by atoms with Gasteiger partial charge in [0, 0.05) is 43.4 Å². The number of amides is 2. The molecule has 1 aromatic heterocycles. The van der Waals surface area contributed by atoms with Crippen molar-refractivity contribution in [3.05, 3.63) is 39.4 Å². The van der Waals surface area contributed by atoms with Crippen molar-refractivity contribution in [3.63, 3.8) is 0 Å². The lowest BCUT2D eigenvalue weighted by atomic mass is 9.90. The number of thiazole rings is 1. The number of nitrogens with zero attached hydrogens (tertiary/aromatic N) is 3. The van der Waals surface area contributed by atoms with Crippen LogP contribution in [0.15, 0.2) is 18.2 Å². The molecule has 0 unspecified atom stereocenters. The maximum absolute atomic E-state index is 12.8. The highest BCUT2D eigenvalue weighted by Crippen LogP contribution is 2.35. The second-order valence-corrected chi connectivity index (χ2v) is 9.47. The van der Waals surface area contributed by atoms with Crippen molar-refractivity contribution in [3.8, 4) is 0 Å². The summed E-state index contributed by atoms with van der Waals surface area (Å²) in [6, 6.07) is 5.67. The molecule has 1 aliphatic heterocycles. The predicted molar refractivity (Wildman–Crippen MR) is 122 cm³/mol. The smallest absolute Gasteiger partial charge is 0.227 e. The predicted octanol–water partition coefficient (Wildman–Crippen LogP) is 3.91. The van der Waals surface area contributed by atoms with Crippen molar-refractivity contribution in [2.24, 2.45) is 5.92 Å². The van der Waals surface area contributed by atoms with E-state index in [0.717, 1.165) is 61.8 Å². The summed E-state index contributed by atoms with van der Waals surface area (Å²) < 4.78 is 0. The lowest BCUT2D eigenvalue weighted by molar-refractivity contribution is -0.131. The van der Waals surface area contributed by atoms with Gasteiger partial charge in [0.2, 0.25) is 11.8 Å². The third-order valence-electron chi connectivity index (χ3n) is 5.89. The summed E-state index contributed by atoms with van der Waals surface area (Å²) in [6.07, 6.45) is 2.89. The van der Waals surface area contributed by atoms with Crippen molar-refractivity contribution in [1.82, 2.24) is 9.88 Å². The zero-order chi connectivity index (χ0) is 21.3. The van der Waals surface area contributed by atoms with Crippen molar-refractivity contribution in [2.75, 3.05) is 36.4 Å². The summed E-state index contributed by atoms with van der Waals surface area (Å²) in [5, 5.41) is 4.58. The fraction of sp³-hybridized carbons (Fsp3) is 0.500. The highest BCUT2D eigenvalue weighted by atomic mass is 35.5. The average molecular weight is 447 g/mol. The third kappa shape index (κ3) is 4.47. The molecule has 1 N–H and O–H groups in total. The van der Waals surface area contributed by atoms with Gasteiger partial charge in [0.15, 0.2) is 5.13 Å². The van der Waals surface area contributed by atoms with Crippen LogP contribution in [0.25, 0.3) is 0 Å². The molecule has 0 spiro atoms. The number of hydrogen-bond acceptors (Lipinski definition) is 5. The molecular weight excluding hydrogens is 420 g/mol. The van der Waals surface area contributed by atoms with Crippen LogP contribution >= 0.6 is 22.9 Å². The third-order valence-corrected chi connectivity index (χ3v) is 7.38. The maximum Gasteiger partial charge on any atom is 0.227 e. The van der Waals surface area contributed by atoms with E-state index in [0.29, 0.717) is 17.1 Å². The molecule has 1 atom stereocenters. The average Bonchev–Trinajstić information content (AvgIpc) is 3.18. The van der Waals surface area contributed by atoms with Crippen LogP contribution in [-0.2, 0) is 22.4 Å². The summed E-state index contributed by atoms with van der Waals surface area (Å²) in [4.78, 5) is 35.0. The van der Waals surface area contributed by atoms with Crippen molar-refractivity contribution in [1.29, 1.82) is 0 Å². The summed E-state index contributed by atoms with van der Waals surface area (Å²) >= 11 is 7.96. The first-order valence-electron chi connectivity index (χ1n) is 10.5. The molecule has 2 aliphatic rings. The molecule has 4 rings (SSSR count). The van der Waals surface area contributed by atoms with Gasteiger partial charge < -0.3 is 15.1 Å². The highest BCUT2D eigenvalue weighted by molar-refractivity contribution is 7.15. The Balaban J connectivity index is 1.38. The van der Waals surface area contributed by atoms with Gasteiger partial charge >= 0.3 is 0 Å². The highest BCUT2D eigenvalue weighted by Gasteiger charge is 2.30. The zero-order valence-corrected chi connectivity index (χ0v) is 19.0. The Morgan fingerprint density at radius 2 is 2.03 bits per heavy atom. The minimum Gasteiger partial charge on any atom is -0.345 e. The summed E-state index contributed by atoms with van der Waals surface area (Å²) in [7, 11) is 0. The number of fused-ring (bicyclic) bond motifs is 1. The van der Waals surface area contributed by atoms with E-state index in [9.17, 15) is 9.59 Å². The van der Waals surface area contributed by atoms with Gasteiger partial charge in [-0.2, -0.15) is 0 Å². The Morgan fingerprint density at radius 1 is 1.27 bits per heavy atom. The first-order chi connectivity index (χ1) is 14.4. The van der Waals surface area contributed by atoms with E-state index in [4.69, 9.17) is 16.6 Å². The van der Waals surface area contributed by atoms with Gasteiger partial charge in [-0.15, -0.1) is 11.3 Å². The fourth-order valence-electron chi connectivity index (χ4n) is 4.05. The number of hydrogen-bond donors (Lipinski definition) is 1. The van der Waals surface area contributed by atoms with E-state index < -0.39 is 0 Å². The van der Waals surface area contributed by atoms with E-state index in [1.54, 1.807) is 11.3 Å². The number of anilines is 2. The number of benzene rings is 1. The first-order valence-corrected chi connectivity index (χ1v) is 11.7. The van der Waals surface area contributed by atoms with Gasteiger partial charge in [-0.05, 0) is 43.9 Å². The number of rotatable bonds is 4. The SMILES string of the molecule is CCC(=O)N1CCN(c2nc3c(s2)C[C@H](C(=O)Nc2ccc(C)cc2Cl)CC3)CC1. The minimum atomic E-state index is -0.0674. The molecule has 2 heterocycles. The molecule has 1 fully saturated rings. The van der Waals surface area contributed by atoms with Crippen molar-refractivity contribution < 1.29 is 9.59 Å². The fourth-order valence-corrected chi connectivity index (χ4v) is 5.57. The zero-order valence-electron chi connectivity index (χ0n) is 17.4. The summed E-state index contributed by atoms with van der Waals surface area (Å²) in [6.45, 7) is 7.01. The van der Waals surface area contributed by atoms with Crippen LogP contribution in [0.1, 0.15) is 35.9 Å². The number of aryl methyl sites for hydroxylation is 2. The largest absolute Gasteiger partial charge is 0.345 e. The van der Waals surface area contributed by atoms with E-state index in [1.165, 1.54) is 4.88 Å². The normalized spacial score (nSPS) is 18.8. The second kappa shape index (κ2) is 8.94. The van der Waals surface area contributed by atoms with Gasteiger partial charge in [0.1, 0.15) is 0 Å². The van der Waals surface area contributed by atoms with Crippen LogP contribution in [0.5, 0.6) is 0 Å². The molecule has 6 nitrogen and oxygen atoms in total. The Hall–Kier alpha value is -2.12. The van der Waals surface area contributed by atoms with Gasteiger partial charge in [0.25, 0.3) is 0 Å². The molecule has 30 heavy (non-hydrogen) atoms. The molecule has 2 aromatic rings. The van der Waals surface area contributed by atoms with Gasteiger partial charge in [0.05, 0.1) is 16.4 Å². The molecule has 1 saturated heterocycles. The van der Waals surface area contributed by atoms with Crippen molar-refractivity contribution >= 4 is 45.6 Å². The maximum atomic E-state index is 12.8. The van der Waals surface area contributed by atoms with Crippen LogP contribution < -0.4 is 10.2 Å². The van der Waals surface area contributed by atoms with Crippen molar-refractivity contribution in [2.45, 2.75) is 39.5 Å². The molecule has 0 bridgehead atoms. The van der Waals surface area contributed by atoms with Crippen LogP contribution in [-0.4, -0.2) is 47.9 Å². The van der Waals surface area contributed by atoms with E-state index in [1.807, 2.05) is 36.9 Å². The second-order valence-electron chi connectivity index (χ2n) is 8.00. The Bertz CT molecular complexity index is 953. The molecule has 2 amide bonds. The number of halogens is 1. The number of carbonyl (C=O) groups is 2. The van der Waals surface area contributed by atoms with Crippen LogP contribution in [0, 0.1) is 12.8 Å². The molecular formula is C22H27ClN4O2S. The van der Waals surface area contributed by atoms with E-state index in [-0.39, 0.29) is 17.7 Å². The quantitative estimate of drug-likeness (QED) is 0.773. The van der Waals surface area contributed by atoms with Crippen LogP contribution in [0.3, 0.4) is 0 Å². The molecule has 1 aromatic carbocycles. The molecule has 1 aliphatic carbocycles. The number of carbonyl (C=O) groups excluding carboxylic acids is 2. The molecule has 0 saturated carbocycles. The topological polar surface area (TPSA) is 65.5 Å². The lowest BCUT2D eigenvalue weighted by Gasteiger charge is -2.34. The lowest BCUT2D eigenvalue weighted by Crippen LogP contribution is -2.48. The minimum absolute atomic E-state index is 0.0213.